The van der Waals surface area contributed by atoms with Crippen LogP contribution in [0.3, 0.4) is 0 Å². The molecule has 0 aliphatic carbocycles. The minimum Gasteiger partial charge on any atom is -0.490 e. The fourth-order valence-electron chi connectivity index (χ4n) is 2.52. The maximum Gasteiger partial charge on any atom is 0.262 e. The molecule has 1 aromatic heterocycles. The molecule has 0 spiro atoms. The van der Waals surface area contributed by atoms with Crippen molar-refractivity contribution in [1.29, 1.82) is 5.26 Å². The van der Waals surface area contributed by atoms with Gasteiger partial charge in [-0.2, -0.15) is 5.26 Å². The molecule has 1 N–H and O–H groups in total. The number of nitriles is 1. The molecule has 1 amide bonds. The Kier molecular flexibility index (Phi) is 7.53. The van der Waals surface area contributed by atoms with Crippen LogP contribution in [0.2, 0.25) is 5.02 Å². The molecule has 7 heteroatoms. The highest BCUT2D eigenvalue weighted by Gasteiger charge is 2.09. The van der Waals surface area contributed by atoms with Gasteiger partial charge in [0.25, 0.3) is 5.91 Å². The van der Waals surface area contributed by atoms with Crippen molar-refractivity contribution in [2.24, 2.45) is 0 Å². The summed E-state index contributed by atoms with van der Waals surface area (Å²) in [6, 6.07) is 19.7. The highest BCUT2D eigenvalue weighted by Crippen LogP contribution is 2.23. The number of halogens is 1. The number of ether oxygens (including phenoxy) is 2. The van der Waals surface area contributed by atoms with E-state index in [1.807, 2.05) is 18.2 Å². The van der Waals surface area contributed by atoms with Crippen molar-refractivity contribution in [2.45, 2.75) is 6.54 Å². The molecule has 0 radical (unpaired) electrons. The molecule has 1 heterocycles. The first-order chi connectivity index (χ1) is 14.7. The van der Waals surface area contributed by atoms with Crippen LogP contribution in [0.25, 0.3) is 6.08 Å². The summed E-state index contributed by atoms with van der Waals surface area (Å²) in [6.45, 7) is 0.909. The van der Waals surface area contributed by atoms with Gasteiger partial charge >= 0.3 is 0 Å². The van der Waals surface area contributed by atoms with Crippen molar-refractivity contribution in [3.8, 4) is 17.6 Å². The lowest BCUT2D eigenvalue weighted by molar-refractivity contribution is -0.117. The number of rotatable bonds is 9. The standard InChI is InChI=1S/C23H19ClN2O4/c24-21-5-1-2-6-22(21)30-13-12-29-19-9-7-17(8-10-19)14-18(15-25)23(27)26-16-20-4-3-11-28-20/h1-11,14H,12-13,16H2,(H,26,27)/b18-14+. The summed E-state index contributed by atoms with van der Waals surface area (Å²) in [5.41, 5.74) is 0.711. The lowest BCUT2D eigenvalue weighted by Crippen LogP contribution is -2.23. The number of para-hydroxylation sites is 1. The molecule has 6 nitrogen and oxygen atoms in total. The molecule has 3 aromatic rings. The minimum absolute atomic E-state index is 0.00312. The predicted octanol–water partition coefficient (Wildman–Crippen LogP) is 4.61. The van der Waals surface area contributed by atoms with Crippen molar-refractivity contribution in [2.75, 3.05) is 13.2 Å². The number of benzene rings is 2. The Labute approximate surface area is 179 Å². The van der Waals surface area contributed by atoms with E-state index >= 15 is 0 Å². The molecule has 0 saturated carbocycles. The summed E-state index contributed by atoms with van der Waals surface area (Å²) >= 11 is 6.03. The zero-order valence-corrected chi connectivity index (χ0v) is 16.8. The molecule has 0 unspecified atom stereocenters. The van der Waals surface area contributed by atoms with Gasteiger partial charge < -0.3 is 19.2 Å². The maximum atomic E-state index is 12.2. The van der Waals surface area contributed by atoms with E-state index in [1.54, 1.807) is 48.5 Å². The van der Waals surface area contributed by atoms with E-state index in [0.29, 0.717) is 41.1 Å². The molecule has 0 aliphatic heterocycles. The van der Waals surface area contributed by atoms with Crippen molar-refractivity contribution in [3.05, 3.63) is 88.8 Å². The fraction of sp³-hybridized carbons (Fsp3) is 0.130. The number of hydrogen-bond acceptors (Lipinski definition) is 5. The van der Waals surface area contributed by atoms with E-state index in [4.69, 9.17) is 25.5 Å². The summed E-state index contributed by atoms with van der Waals surface area (Å²) in [5, 5.41) is 12.5. The molecule has 152 valence electrons. The van der Waals surface area contributed by atoms with Crippen LogP contribution in [-0.4, -0.2) is 19.1 Å². The van der Waals surface area contributed by atoms with Crippen LogP contribution < -0.4 is 14.8 Å². The van der Waals surface area contributed by atoms with Gasteiger partial charge in [0.2, 0.25) is 0 Å². The lowest BCUT2D eigenvalue weighted by atomic mass is 10.1. The first kappa shape index (κ1) is 21.0. The Bertz CT molecular complexity index is 1040. The number of hydrogen-bond donors (Lipinski definition) is 1. The third-order valence-corrected chi connectivity index (χ3v) is 4.32. The SMILES string of the molecule is N#C/C(=C\c1ccc(OCCOc2ccccc2Cl)cc1)C(=O)NCc1ccco1. The summed E-state index contributed by atoms with van der Waals surface area (Å²) in [7, 11) is 0. The summed E-state index contributed by atoms with van der Waals surface area (Å²) < 4.78 is 16.4. The maximum absolute atomic E-state index is 12.2. The molecule has 0 atom stereocenters. The molecule has 30 heavy (non-hydrogen) atoms. The van der Waals surface area contributed by atoms with E-state index in [-0.39, 0.29) is 12.1 Å². The predicted molar refractivity (Wildman–Crippen MR) is 113 cm³/mol. The van der Waals surface area contributed by atoms with E-state index in [9.17, 15) is 10.1 Å². The zero-order valence-electron chi connectivity index (χ0n) is 16.0. The van der Waals surface area contributed by atoms with E-state index in [1.165, 1.54) is 12.3 Å². The molecule has 0 fully saturated rings. The van der Waals surface area contributed by atoms with E-state index < -0.39 is 5.91 Å². The molecule has 0 bridgehead atoms. The number of carbonyl (C=O) groups excluding carboxylic acids is 1. The van der Waals surface area contributed by atoms with E-state index in [0.717, 1.165) is 0 Å². The van der Waals surface area contributed by atoms with Gasteiger partial charge in [-0.05, 0) is 48.0 Å². The van der Waals surface area contributed by atoms with Gasteiger partial charge in [0.15, 0.2) is 0 Å². The van der Waals surface area contributed by atoms with Gasteiger partial charge in [-0.25, -0.2) is 0 Å². The number of carbonyl (C=O) groups is 1. The largest absolute Gasteiger partial charge is 0.490 e. The molecular formula is C23H19ClN2O4. The number of nitrogens with one attached hydrogen (secondary N) is 1. The molecular weight excluding hydrogens is 404 g/mol. The third-order valence-electron chi connectivity index (χ3n) is 4.01. The minimum atomic E-state index is -0.467. The molecule has 0 saturated heterocycles. The number of amides is 1. The molecule has 3 rings (SSSR count). The molecule has 0 aliphatic rings. The van der Waals surface area contributed by atoms with Crippen molar-refractivity contribution in [1.82, 2.24) is 5.32 Å². The second kappa shape index (κ2) is 10.7. The Balaban J connectivity index is 1.49. The average Bonchev–Trinajstić information content (AvgIpc) is 3.29. The smallest absolute Gasteiger partial charge is 0.262 e. The van der Waals surface area contributed by atoms with Crippen molar-refractivity contribution < 1.29 is 18.7 Å². The van der Waals surface area contributed by atoms with Crippen molar-refractivity contribution in [3.63, 3.8) is 0 Å². The van der Waals surface area contributed by atoms with Gasteiger partial charge in [0, 0.05) is 0 Å². The summed E-state index contributed by atoms with van der Waals surface area (Å²) in [6.07, 6.45) is 3.04. The highest BCUT2D eigenvalue weighted by atomic mass is 35.5. The second-order valence-electron chi connectivity index (χ2n) is 6.13. The normalized spacial score (nSPS) is 10.9. The van der Waals surface area contributed by atoms with Crippen LogP contribution in [0.4, 0.5) is 0 Å². The zero-order chi connectivity index (χ0) is 21.2. The van der Waals surface area contributed by atoms with Crippen LogP contribution in [0, 0.1) is 11.3 Å². The Hall–Kier alpha value is -3.69. The van der Waals surface area contributed by atoms with Gasteiger partial charge in [-0.15, -0.1) is 0 Å². The van der Waals surface area contributed by atoms with Gasteiger partial charge in [0.1, 0.15) is 42.1 Å². The van der Waals surface area contributed by atoms with Crippen LogP contribution >= 0.6 is 11.6 Å². The molecule has 2 aromatic carbocycles. The summed E-state index contributed by atoms with van der Waals surface area (Å²) in [5.74, 6) is 1.40. The monoisotopic (exact) mass is 422 g/mol. The Morgan fingerprint density at radius 2 is 1.83 bits per heavy atom. The van der Waals surface area contributed by atoms with Gasteiger partial charge in [0.05, 0.1) is 17.8 Å². The third kappa shape index (κ3) is 6.16. The average molecular weight is 423 g/mol. The fourth-order valence-corrected chi connectivity index (χ4v) is 2.71. The lowest BCUT2D eigenvalue weighted by Gasteiger charge is -2.09. The van der Waals surface area contributed by atoms with Crippen molar-refractivity contribution >= 4 is 23.6 Å². The number of nitrogens with zero attached hydrogens (tertiary/aromatic N) is 1. The summed E-state index contributed by atoms with van der Waals surface area (Å²) in [4.78, 5) is 12.2. The topological polar surface area (TPSA) is 84.5 Å². The van der Waals surface area contributed by atoms with Crippen LogP contribution in [-0.2, 0) is 11.3 Å². The first-order valence-corrected chi connectivity index (χ1v) is 9.56. The van der Waals surface area contributed by atoms with Gasteiger partial charge in [-0.1, -0.05) is 35.9 Å². The Morgan fingerprint density at radius 1 is 1.07 bits per heavy atom. The second-order valence-corrected chi connectivity index (χ2v) is 6.54. The highest BCUT2D eigenvalue weighted by molar-refractivity contribution is 6.32. The van der Waals surface area contributed by atoms with Crippen LogP contribution in [0.1, 0.15) is 11.3 Å². The first-order valence-electron chi connectivity index (χ1n) is 9.18. The Morgan fingerprint density at radius 3 is 2.53 bits per heavy atom. The number of furan rings is 1. The quantitative estimate of drug-likeness (QED) is 0.309. The van der Waals surface area contributed by atoms with Crippen LogP contribution in [0.5, 0.6) is 11.5 Å². The van der Waals surface area contributed by atoms with Crippen LogP contribution in [0.15, 0.2) is 76.9 Å². The van der Waals surface area contributed by atoms with E-state index in [2.05, 4.69) is 5.32 Å². The van der Waals surface area contributed by atoms with Gasteiger partial charge in [-0.3, -0.25) is 4.79 Å².